The third kappa shape index (κ3) is 4.48. The molecule has 2 nitrogen and oxygen atoms in total. The van der Waals surface area contributed by atoms with Gasteiger partial charge in [-0.2, -0.15) is 0 Å². The van der Waals surface area contributed by atoms with Crippen molar-refractivity contribution in [2.75, 3.05) is 13.6 Å². The van der Waals surface area contributed by atoms with Crippen LogP contribution in [0.3, 0.4) is 0 Å². The first kappa shape index (κ1) is 14.8. The molecule has 0 aliphatic carbocycles. The quantitative estimate of drug-likeness (QED) is 0.910. The van der Waals surface area contributed by atoms with Gasteiger partial charge in [0.25, 0.3) is 0 Å². The second-order valence-electron chi connectivity index (χ2n) is 5.95. The molecule has 1 aromatic carbocycles. The van der Waals surface area contributed by atoms with E-state index < -0.39 is 0 Å². The van der Waals surface area contributed by atoms with Crippen LogP contribution in [0.15, 0.2) is 24.3 Å². The minimum Gasteiger partial charge on any atom is -0.311 e. The molecule has 1 heterocycles. The van der Waals surface area contributed by atoms with Crippen LogP contribution in [-0.2, 0) is 6.42 Å². The lowest BCUT2D eigenvalue weighted by molar-refractivity contribution is 0.163. The maximum atomic E-state index is 6.03. The van der Waals surface area contributed by atoms with Gasteiger partial charge in [-0.1, -0.05) is 23.7 Å². The Morgan fingerprint density at radius 3 is 2.95 bits per heavy atom. The Morgan fingerprint density at radius 1 is 1.47 bits per heavy atom. The second-order valence-corrected chi connectivity index (χ2v) is 6.39. The number of benzene rings is 1. The molecule has 0 saturated carbocycles. The number of rotatable bonds is 4. The molecule has 0 amide bonds. The van der Waals surface area contributed by atoms with Crippen molar-refractivity contribution < 1.29 is 0 Å². The maximum absolute atomic E-state index is 6.03. The fraction of sp³-hybridized carbons (Fsp3) is 0.625. The fourth-order valence-corrected chi connectivity index (χ4v) is 3.13. The Bertz CT molecular complexity index is 407. The highest BCUT2D eigenvalue weighted by Gasteiger charge is 2.23. The third-order valence-electron chi connectivity index (χ3n) is 4.16. The molecule has 3 heteroatoms. The lowest BCUT2D eigenvalue weighted by Gasteiger charge is -2.36. The highest BCUT2D eigenvalue weighted by molar-refractivity contribution is 6.30. The summed E-state index contributed by atoms with van der Waals surface area (Å²) in [7, 11) is 2.22. The highest BCUT2D eigenvalue weighted by Crippen LogP contribution is 2.17. The van der Waals surface area contributed by atoms with Crippen molar-refractivity contribution >= 4 is 11.6 Å². The molecule has 2 rings (SSSR count). The molecule has 0 bridgehead atoms. The number of halogens is 1. The highest BCUT2D eigenvalue weighted by atomic mass is 35.5. The normalized spacial score (nSPS) is 26.3. The molecular formula is C16H25ClN2. The van der Waals surface area contributed by atoms with Crippen LogP contribution in [0.5, 0.6) is 0 Å². The van der Waals surface area contributed by atoms with Gasteiger partial charge in [-0.05, 0) is 64.4 Å². The summed E-state index contributed by atoms with van der Waals surface area (Å²) in [5.41, 5.74) is 1.31. The minimum atomic E-state index is 0.499. The molecule has 106 valence electrons. The number of nitrogens with one attached hydrogen (secondary N) is 1. The molecule has 0 radical (unpaired) electrons. The molecule has 3 unspecified atom stereocenters. The molecular weight excluding hydrogens is 256 g/mol. The molecule has 3 atom stereocenters. The van der Waals surface area contributed by atoms with Crippen molar-refractivity contribution in [1.29, 1.82) is 0 Å². The van der Waals surface area contributed by atoms with Crippen LogP contribution < -0.4 is 5.32 Å². The number of piperidine rings is 1. The van der Waals surface area contributed by atoms with Crippen molar-refractivity contribution in [2.24, 2.45) is 0 Å². The van der Waals surface area contributed by atoms with Crippen molar-refractivity contribution in [1.82, 2.24) is 10.2 Å². The molecule has 1 aromatic rings. The van der Waals surface area contributed by atoms with Gasteiger partial charge in [0.2, 0.25) is 0 Å². The van der Waals surface area contributed by atoms with Crippen LogP contribution in [0, 0.1) is 0 Å². The van der Waals surface area contributed by atoms with Crippen LogP contribution in [0.1, 0.15) is 32.3 Å². The molecule has 1 N–H and O–H groups in total. The SMILES string of the molecule is CC(Cc1cccc(Cl)c1)NC1CCN(C)C(C)C1. The van der Waals surface area contributed by atoms with Gasteiger partial charge in [0.15, 0.2) is 0 Å². The summed E-state index contributed by atoms with van der Waals surface area (Å²) in [6.07, 6.45) is 3.54. The summed E-state index contributed by atoms with van der Waals surface area (Å²) in [5.74, 6) is 0. The predicted molar refractivity (Wildman–Crippen MR) is 82.9 cm³/mol. The van der Waals surface area contributed by atoms with Gasteiger partial charge >= 0.3 is 0 Å². The molecule has 19 heavy (non-hydrogen) atoms. The smallest absolute Gasteiger partial charge is 0.0408 e. The van der Waals surface area contributed by atoms with Gasteiger partial charge in [-0.15, -0.1) is 0 Å². The largest absolute Gasteiger partial charge is 0.311 e. The van der Waals surface area contributed by atoms with E-state index in [0.717, 1.165) is 11.4 Å². The van der Waals surface area contributed by atoms with Gasteiger partial charge in [-0.3, -0.25) is 0 Å². The van der Waals surface area contributed by atoms with Crippen molar-refractivity contribution in [3.05, 3.63) is 34.9 Å². The van der Waals surface area contributed by atoms with E-state index in [4.69, 9.17) is 11.6 Å². The Kier molecular flexibility index (Phi) is 5.26. The molecule has 0 aromatic heterocycles. The van der Waals surface area contributed by atoms with Crippen molar-refractivity contribution in [2.45, 2.75) is 51.2 Å². The molecule has 1 fully saturated rings. The maximum Gasteiger partial charge on any atom is 0.0408 e. The van der Waals surface area contributed by atoms with E-state index in [-0.39, 0.29) is 0 Å². The summed E-state index contributed by atoms with van der Waals surface area (Å²) in [6.45, 7) is 5.78. The van der Waals surface area contributed by atoms with Gasteiger partial charge < -0.3 is 10.2 Å². The number of likely N-dealkylation sites (tertiary alicyclic amines) is 1. The van der Waals surface area contributed by atoms with E-state index in [9.17, 15) is 0 Å². The average Bonchev–Trinajstić information content (AvgIpc) is 2.34. The van der Waals surface area contributed by atoms with E-state index in [1.165, 1.54) is 24.9 Å². The number of hydrogen-bond donors (Lipinski definition) is 1. The Morgan fingerprint density at radius 2 is 2.26 bits per heavy atom. The topological polar surface area (TPSA) is 15.3 Å². The van der Waals surface area contributed by atoms with Crippen LogP contribution in [-0.4, -0.2) is 36.6 Å². The van der Waals surface area contributed by atoms with Crippen LogP contribution in [0.25, 0.3) is 0 Å². The van der Waals surface area contributed by atoms with E-state index >= 15 is 0 Å². The summed E-state index contributed by atoms with van der Waals surface area (Å²) < 4.78 is 0. The lowest BCUT2D eigenvalue weighted by atomic mass is 9.97. The van der Waals surface area contributed by atoms with Gasteiger partial charge in [-0.25, -0.2) is 0 Å². The van der Waals surface area contributed by atoms with Crippen LogP contribution in [0.4, 0.5) is 0 Å². The molecule has 1 aliphatic rings. The van der Waals surface area contributed by atoms with E-state index in [1.807, 2.05) is 12.1 Å². The first-order valence-electron chi connectivity index (χ1n) is 7.25. The molecule has 1 aliphatic heterocycles. The zero-order valence-corrected chi connectivity index (χ0v) is 13.0. The summed E-state index contributed by atoms with van der Waals surface area (Å²) in [4.78, 5) is 2.44. The zero-order chi connectivity index (χ0) is 13.8. The Hall–Kier alpha value is -0.570. The second kappa shape index (κ2) is 6.74. The summed E-state index contributed by atoms with van der Waals surface area (Å²) in [6, 6.07) is 10.0. The van der Waals surface area contributed by atoms with Gasteiger partial charge in [0.05, 0.1) is 0 Å². The summed E-state index contributed by atoms with van der Waals surface area (Å²) in [5, 5.41) is 4.60. The number of nitrogens with zero attached hydrogens (tertiary/aromatic N) is 1. The van der Waals surface area contributed by atoms with Gasteiger partial charge in [0.1, 0.15) is 0 Å². The van der Waals surface area contributed by atoms with Gasteiger partial charge in [0, 0.05) is 23.1 Å². The zero-order valence-electron chi connectivity index (χ0n) is 12.2. The average molecular weight is 281 g/mol. The van der Waals surface area contributed by atoms with Crippen LogP contribution >= 0.6 is 11.6 Å². The first-order valence-corrected chi connectivity index (χ1v) is 7.63. The fourth-order valence-electron chi connectivity index (χ4n) is 2.92. The van der Waals surface area contributed by atoms with E-state index in [1.54, 1.807) is 0 Å². The number of hydrogen-bond acceptors (Lipinski definition) is 2. The lowest BCUT2D eigenvalue weighted by Crippen LogP contribution is -2.48. The minimum absolute atomic E-state index is 0.499. The first-order chi connectivity index (χ1) is 9.04. The van der Waals surface area contributed by atoms with E-state index in [2.05, 4.69) is 43.2 Å². The van der Waals surface area contributed by atoms with Crippen LogP contribution in [0.2, 0.25) is 5.02 Å². The Labute approximate surface area is 122 Å². The summed E-state index contributed by atoms with van der Waals surface area (Å²) >= 11 is 6.03. The standard InChI is InChI=1S/C16H25ClN2/c1-12(9-14-5-4-6-15(17)11-14)18-16-7-8-19(3)13(2)10-16/h4-6,11-13,16,18H,7-10H2,1-3H3. The van der Waals surface area contributed by atoms with Crippen molar-refractivity contribution in [3.63, 3.8) is 0 Å². The molecule has 1 saturated heterocycles. The molecule has 0 spiro atoms. The third-order valence-corrected chi connectivity index (χ3v) is 4.39. The Balaban J connectivity index is 1.83. The predicted octanol–water partition coefficient (Wildman–Crippen LogP) is 3.34. The van der Waals surface area contributed by atoms with Crippen molar-refractivity contribution in [3.8, 4) is 0 Å². The van der Waals surface area contributed by atoms with E-state index in [0.29, 0.717) is 18.1 Å². The monoisotopic (exact) mass is 280 g/mol.